The number of carbonyl (C=O) groups excluding carboxylic acids is 1. The first kappa shape index (κ1) is 24.7. The van der Waals surface area contributed by atoms with Crippen molar-refractivity contribution in [3.05, 3.63) is 59.9 Å². The van der Waals surface area contributed by atoms with Crippen LogP contribution in [0.2, 0.25) is 0 Å². The number of benzene rings is 2. The lowest BCUT2D eigenvalue weighted by molar-refractivity contribution is -0.113. The van der Waals surface area contributed by atoms with E-state index in [0.717, 1.165) is 37.0 Å². The first-order valence-electron chi connectivity index (χ1n) is 11.5. The number of ether oxygens (including phenoxy) is 2. The highest BCUT2D eigenvalue weighted by molar-refractivity contribution is 8.00. The highest BCUT2D eigenvalue weighted by atomic mass is 32.2. The van der Waals surface area contributed by atoms with Gasteiger partial charge in [-0.2, -0.15) is 0 Å². The second-order valence-corrected chi connectivity index (χ2v) is 9.32. The molecule has 1 aliphatic heterocycles. The van der Waals surface area contributed by atoms with Crippen LogP contribution in [0.4, 0.5) is 17.2 Å². The van der Waals surface area contributed by atoms with Crippen molar-refractivity contribution < 1.29 is 14.3 Å². The molecule has 0 unspecified atom stereocenters. The van der Waals surface area contributed by atoms with Gasteiger partial charge in [0.05, 0.1) is 25.7 Å². The molecule has 1 aliphatic rings. The molecule has 0 atom stereocenters. The summed E-state index contributed by atoms with van der Waals surface area (Å²) >= 11 is 1.38. The van der Waals surface area contributed by atoms with Gasteiger partial charge in [0.1, 0.15) is 16.5 Å². The van der Waals surface area contributed by atoms with Crippen LogP contribution in [-0.4, -0.2) is 62.0 Å². The number of rotatable bonds is 8. The molecule has 2 aromatic carbocycles. The molecule has 35 heavy (non-hydrogen) atoms. The minimum absolute atomic E-state index is 0.155. The molecule has 1 aromatic heterocycles. The number of piperazine rings is 1. The van der Waals surface area contributed by atoms with Gasteiger partial charge < -0.3 is 24.6 Å². The number of nitrogens with one attached hydrogen (secondary N) is 1. The summed E-state index contributed by atoms with van der Waals surface area (Å²) in [6.45, 7) is 7.77. The molecule has 184 valence electrons. The van der Waals surface area contributed by atoms with Crippen LogP contribution in [0.15, 0.2) is 53.8 Å². The second kappa shape index (κ2) is 11.3. The smallest absolute Gasteiger partial charge is 0.234 e. The molecule has 1 fully saturated rings. The topological polar surface area (TPSA) is 79.8 Å². The maximum atomic E-state index is 12.7. The largest absolute Gasteiger partial charge is 0.497 e. The van der Waals surface area contributed by atoms with Gasteiger partial charge in [-0.25, -0.2) is 9.97 Å². The number of aryl methyl sites for hydroxylation is 2. The highest BCUT2D eigenvalue weighted by Gasteiger charge is 2.22. The second-order valence-electron chi connectivity index (χ2n) is 8.35. The van der Waals surface area contributed by atoms with Crippen LogP contribution < -0.4 is 24.6 Å². The summed E-state index contributed by atoms with van der Waals surface area (Å²) in [6.07, 6.45) is 3.37. The Kier molecular flexibility index (Phi) is 7.97. The Labute approximate surface area is 210 Å². The Balaban J connectivity index is 1.38. The van der Waals surface area contributed by atoms with Crippen molar-refractivity contribution in [3.8, 4) is 11.5 Å². The predicted octanol–water partition coefficient (Wildman–Crippen LogP) is 4.17. The molecule has 1 amide bonds. The number of hydrogen-bond acceptors (Lipinski definition) is 8. The van der Waals surface area contributed by atoms with E-state index < -0.39 is 0 Å². The Hall–Kier alpha value is -3.46. The lowest BCUT2D eigenvalue weighted by atomic mass is 10.1. The number of methoxy groups -OCH3 is 2. The summed E-state index contributed by atoms with van der Waals surface area (Å²) in [6, 6.07) is 11.9. The van der Waals surface area contributed by atoms with Gasteiger partial charge >= 0.3 is 0 Å². The van der Waals surface area contributed by atoms with Crippen LogP contribution in [0.3, 0.4) is 0 Å². The van der Waals surface area contributed by atoms with Gasteiger partial charge in [0.2, 0.25) is 5.91 Å². The third kappa shape index (κ3) is 5.97. The summed E-state index contributed by atoms with van der Waals surface area (Å²) in [5, 5.41) is 3.66. The van der Waals surface area contributed by atoms with Crippen LogP contribution in [0, 0.1) is 13.8 Å². The van der Waals surface area contributed by atoms with Gasteiger partial charge in [-0.1, -0.05) is 23.9 Å². The minimum atomic E-state index is -0.155. The summed E-state index contributed by atoms with van der Waals surface area (Å²) in [7, 11) is 3.15. The van der Waals surface area contributed by atoms with Gasteiger partial charge in [-0.3, -0.25) is 4.79 Å². The van der Waals surface area contributed by atoms with E-state index in [9.17, 15) is 4.79 Å². The monoisotopic (exact) mass is 493 g/mol. The number of amides is 1. The Bertz CT molecular complexity index is 1180. The lowest BCUT2D eigenvalue weighted by Gasteiger charge is -2.37. The Morgan fingerprint density at radius 1 is 0.971 bits per heavy atom. The summed E-state index contributed by atoms with van der Waals surface area (Å²) < 4.78 is 10.6. The van der Waals surface area contributed by atoms with Gasteiger partial charge in [0, 0.05) is 50.3 Å². The summed E-state index contributed by atoms with van der Waals surface area (Å²) in [5.74, 6) is 2.09. The normalized spacial score (nSPS) is 13.5. The van der Waals surface area contributed by atoms with E-state index in [-0.39, 0.29) is 11.7 Å². The fourth-order valence-corrected chi connectivity index (χ4v) is 4.87. The van der Waals surface area contributed by atoms with Crippen molar-refractivity contribution in [2.24, 2.45) is 0 Å². The van der Waals surface area contributed by atoms with Crippen LogP contribution >= 0.6 is 11.8 Å². The quantitative estimate of drug-likeness (QED) is 0.469. The zero-order chi connectivity index (χ0) is 24.8. The van der Waals surface area contributed by atoms with Crippen molar-refractivity contribution in [1.29, 1.82) is 0 Å². The van der Waals surface area contributed by atoms with E-state index in [2.05, 4.69) is 57.1 Å². The molecule has 0 bridgehead atoms. The molecule has 4 rings (SSSR count). The Morgan fingerprint density at radius 3 is 2.46 bits per heavy atom. The van der Waals surface area contributed by atoms with Crippen molar-refractivity contribution >= 4 is 34.9 Å². The maximum Gasteiger partial charge on any atom is 0.234 e. The van der Waals surface area contributed by atoms with Crippen LogP contribution in [0.5, 0.6) is 11.5 Å². The third-order valence-corrected chi connectivity index (χ3v) is 6.92. The zero-order valence-corrected chi connectivity index (χ0v) is 21.4. The minimum Gasteiger partial charge on any atom is -0.497 e. The molecule has 0 spiro atoms. The first-order chi connectivity index (χ1) is 17.0. The molecule has 2 heterocycles. The van der Waals surface area contributed by atoms with E-state index in [1.165, 1.54) is 28.6 Å². The number of carbonyl (C=O) groups is 1. The molecule has 3 aromatic rings. The number of hydrogen-bond donors (Lipinski definition) is 1. The van der Waals surface area contributed by atoms with Crippen molar-refractivity contribution in [1.82, 2.24) is 9.97 Å². The fraction of sp³-hybridized carbons (Fsp3) is 0.346. The van der Waals surface area contributed by atoms with E-state index in [4.69, 9.17) is 9.47 Å². The standard InChI is InChI=1S/C26H31N5O3S/c1-18-5-6-19(2)22(15-18)30-11-13-31(14-12-30)25-26(28-10-9-27-25)35-17-24(32)29-21-16-20(33-3)7-8-23(21)34-4/h5-10,15-16H,11-14,17H2,1-4H3,(H,29,32). The van der Waals surface area contributed by atoms with Crippen molar-refractivity contribution in [2.45, 2.75) is 18.9 Å². The summed E-state index contributed by atoms with van der Waals surface area (Å²) in [4.78, 5) is 26.5. The molecule has 0 radical (unpaired) electrons. The summed E-state index contributed by atoms with van der Waals surface area (Å²) in [5.41, 5.74) is 4.42. The van der Waals surface area contributed by atoms with Gasteiger partial charge in [0.25, 0.3) is 0 Å². The molecule has 9 heteroatoms. The molecular weight excluding hydrogens is 462 g/mol. The van der Waals surface area contributed by atoms with E-state index in [1.807, 2.05) is 0 Å². The van der Waals surface area contributed by atoms with Crippen LogP contribution in [-0.2, 0) is 4.79 Å². The molecule has 8 nitrogen and oxygen atoms in total. The maximum absolute atomic E-state index is 12.7. The van der Waals surface area contributed by atoms with E-state index in [1.54, 1.807) is 44.8 Å². The molecule has 0 aliphatic carbocycles. The lowest BCUT2D eigenvalue weighted by Crippen LogP contribution is -2.47. The van der Waals surface area contributed by atoms with Crippen LogP contribution in [0.25, 0.3) is 0 Å². The Morgan fingerprint density at radius 2 is 1.71 bits per heavy atom. The van der Waals surface area contributed by atoms with Crippen molar-refractivity contribution in [2.75, 3.05) is 61.3 Å². The van der Waals surface area contributed by atoms with E-state index >= 15 is 0 Å². The number of anilines is 3. The van der Waals surface area contributed by atoms with E-state index in [0.29, 0.717) is 17.2 Å². The van der Waals surface area contributed by atoms with Gasteiger partial charge in [0.15, 0.2) is 5.82 Å². The van der Waals surface area contributed by atoms with Crippen LogP contribution in [0.1, 0.15) is 11.1 Å². The van der Waals surface area contributed by atoms with Crippen molar-refractivity contribution in [3.63, 3.8) is 0 Å². The average Bonchev–Trinajstić information content (AvgIpc) is 2.89. The SMILES string of the molecule is COc1ccc(OC)c(NC(=O)CSc2nccnc2N2CCN(c3cc(C)ccc3C)CC2)c1. The number of nitrogens with zero attached hydrogens (tertiary/aromatic N) is 4. The number of thioether (sulfide) groups is 1. The fourth-order valence-electron chi connectivity index (χ4n) is 4.09. The highest BCUT2D eigenvalue weighted by Crippen LogP contribution is 2.31. The van der Waals surface area contributed by atoms with Gasteiger partial charge in [-0.05, 0) is 43.2 Å². The average molecular weight is 494 g/mol. The predicted molar refractivity (Wildman–Crippen MR) is 141 cm³/mol. The number of aromatic nitrogens is 2. The van der Waals surface area contributed by atoms with Gasteiger partial charge in [-0.15, -0.1) is 0 Å². The molecular formula is C26H31N5O3S. The molecule has 1 saturated heterocycles. The molecule has 0 saturated carbocycles. The first-order valence-corrected chi connectivity index (χ1v) is 12.5. The third-order valence-electron chi connectivity index (χ3n) is 5.95. The zero-order valence-electron chi connectivity index (χ0n) is 20.6. The molecule has 1 N–H and O–H groups in total.